The second-order valence-electron chi connectivity index (χ2n) is 3.88. The quantitative estimate of drug-likeness (QED) is 0.530. The summed E-state index contributed by atoms with van der Waals surface area (Å²) in [5.74, 6) is -0.0534. The number of anilines is 1. The highest BCUT2D eigenvalue weighted by Gasteiger charge is 2.01. The van der Waals surface area contributed by atoms with Crippen molar-refractivity contribution in [1.29, 1.82) is 0 Å². The van der Waals surface area contributed by atoms with Crippen molar-refractivity contribution in [3.63, 3.8) is 0 Å². The van der Waals surface area contributed by atoms with Crippen LogP contribution in [0.15, 0.2) is 59.1 Å². The van der Waals surface area contributed by atoms with E-state index in [2.05, 4.69) is 15.9 Å². The van der Waals surface area contributed by atoms with Gasteiger partial charge in [0.15, 0.2) is 5.78 Å². The highest BCUT2D eigenvalue weighted by Crippen LogP contribution is 2.14. The smallest absolute Gasteiger partial charge is 0.185 e. The van der Waals surface area contributed by atoms with E-state index in [1.165, 1.54) is 0 Å². The van der Waals surface area contributed by atoms with Crippen LogP contribution in [0.25, 0.3) is 6.08 Å². The third-order valence-electron chi connectivity index (χ3n) is 2.45. The Morgan fingerprint density at radius 3 is 2.61 bits per heavy atom. The van der Waals surface area contributed by atoms with Gasteiger partial charge in [-0.15, -0.1) is 0 Å². The molecule has 0 saturated heterocycles. The summed E-state index contributed by atoms with van der Waals surface area (Å²) in [5.41, 5.74) is 7.81. The zero-order valence-corrected chi connectivity index (χ0v) is 11.2. The number of nitrogens with two attached hydrogens (primary N) is 1. The van der Waals surface area contributed by atoms with Gasteiger partial charge in [-0.2, -0.15) is 0 Å². The zero-order chi connectivity index (χ0) is 13.0. The molecule has 0 atom stereocenters. The SMILES string of the molecule is Nc1cccc(C(=O)/C=C/c2cccc(Br)c2)c1. The highest BCUT2D eigenvalue weighted by atomic mass is 79.9. The number of nitrogen functional groups attached to an aromatic ring is 1. The highest BCUT2D eigenvalue weighted by molar-refractivity contribution is 9.10. The van der Waals surface area contributed by atoms with E-state index in [0.29, 0.717) is 11.3 Å². The molecule has 2 nitrogen and oxygen atoms in total. The van der Waals surface area contributed by atoms with E-state index in [1.807, 2.05) is 24.3 Å². The zero-order valence-electron chi connectivity index (χ0n) is 9.64. The van der Waals surface area contributed by atoms with Crippen LogP contribution < -0.4 is 5.73 Å². The molecule has 0 saturated carbocycles. The minimum absolute atomic E-state index is 0.0534. The molecule has 0 radical (unpaired) electrons. The first-order chi connectivity index (χ1) is 8.65. The van der Waals surface area contributed by atoms with Crippen LogP contribution in [0.4, 0.5) is 5.69 Å². The molecule has 0 aliphatic rings. The molecule has 2 rings (SSSR count). The summed E-state index contributed by atoms with van der Waals surface area (Å²) >= 11 is 3.39. The number of carbonyl (C=O) groups excluding carboxylic acids is 1. The molecule has 0 aromatic heterocycles. The van der Waals surface area contributed by atoms with Gasteiger partial charge >= 0.3 is 0 Å². The van der Waals surface area contributed by atoms with Crippen molar-refractivity contribution in [3.8, 4) is 0 Å². The first-order valence-corrected chi connectivity index (χ1v) is 6.28. The van der Waals surface area contributed by atoms with Gasteiger partial charge in [-0.25, -0.2) is 0 Å². The molecule has 0 bridgehead atoms. The molecular weight excluding hydrogens is 290 g/mol. The predicted octanol–water partition coefficient (Wildman–Crippen LogP) is 3.93. The summed E-state index contributed by atoms with van der Waals surface area (Å²) in [6.07, 6.45) is 3.34. The van der Waals surface area contributed by atoms with Crippen molar-refractivity contribution in [2.24, 2.45) is 0 Å². The maximum Gasteiger partial charge on any atom is 0.185 e. The van der Waals surface area contributed by atoms with Gasteiger partial charge in [0.1, 0.15) is 0 Å². The molecule has 2 aromatic carbocycles. The van der Waals surface area contributed by atoms with E-state index in [-0.39, 0.29) is 5.78 Å². The minimum atomic E-state index is -0.0534. The third-order valence-corrected chi connectivity index (χ3v) is 2.94. The topological polar surface area (TPSA) is 43.1 Å². The summed E-state index contributed by atoms with van der Waals surface area (Å²) in [4.78, 5) is 11.9. The van der Waals surface area contributed by atoms with Crippen molar-refractivity contribution in [2.45, 2.75) is 0 Å². The summed E-state index contributed by atoms with van der Waals surface area (Å²) in [6.45, 7) is 0. The van der Waals surface area contributed by atoms with E-state index >= 15 is 0 Å². The molecule has 0 unspecified atom stereocenters. The van der Waals surface area contributed by atoms with Crippen molar-refractivity contribution in [3.05, 3.63) is 70.2 Å². The van der Waals surface area contributed by atoms with E-state index in [0.717, 1.165) is 10.0 Å². The van der Waals surface area contributed by atoms with Crippen LogP contribution in [0.3, 0.4) is 0 Å². The van der Waals surface area contributed by atoms with Crippen molar-refractivity contribution in [2.75, 3.05) is 5.73 Å². The molecule has 3 heteroatoms. The third kappa shape index (κ3) is 3.31. The summed E-state index contributed by atoms with van der Waals surface area (Å²) in [6, 6.07) is 14.7. The lowest BCUT2D eigenvalue weighted by molar-refractivity contribution is 0.104. The van der Waals surface area contributed by atoms with E-state index < -0.39 is 0 Å². The molecule has 0 spiro atoms. The predicted molar refractivity (Wildman–Crippen MR) is 78.4 cm³/mol. The molecule has 0 aliphatic heterocycles. The fourth-order valence-corrected chi connectivity index (χ4v) is 1.99. The van der Waals surface area contributed by atoms with Crippen LogP contribution in [0.1, 0.15) is 15.9 Å². The number of allylic oxidation sites excluding steroid dienone is 1. The largest absolute Gasteiger partial charge is 0.399 e. The van der Waals surface area contributed by atoms with Gasteiger partial charge in [-0.1, -0.05) is 46.3 Å². The second kappa shape index (κ2) is 5.65. The van der Waals surface area contributed by atoms with Crippen LogP contribution >= 0.6 is 15.9 Å². The van der Waals surface area contributed by atoms with Crippen LogP contribution in [-0.4, -0.2) is 5.78 Å². The fourth-order valence-electron chi connectivity index (χ4n) is 1.57. The number of ketones is 1. The van der Waals surface area contributed by atoms with E-state index in [1.54, 1.807) is 36.4 Å². The maximum absolute atomic E-state index is 11.9. The molecular formula is C15H12BrNO. The van der Waals surface area contributed by atoms with Gasteiger partial charge < -0.3 is 5.73 Å². The standard InChI is InChI=1S/C15H12BrNO/c16-13-5-1-3-11(9-13)7-8-15(18)12-4-2-6-14(17)10-12/h1-10H,17H2/b8-7+. The average molecular weight is 302 g/mol. The van der Waals surface area contributed by atoms with E-state index in [9.17, 15) is 4.79 Å². The Morgan fingerprint density at radius 2 is 1.89 bits per heavy atom. The summed E-state index contributed by atoms with van der Waals surface area (Å²) in [5, 5.41) is 0. The monoisotopic (exact) mass is 301 g/mol. The van der Waals surface area contributed by atoms with Gasteiger partial charge in [-0.3, -0.25) is 4.79 Å². The number of rotatable bonds is 3. The lowest BCUT2D eigenvalue weighted by Crippen LogP contribution is -1.95. The Hall–Kier alpha value is -1.87. The molecule has 0 fully saturated rings. The van der Waals surface area contributed by atoms with Crippen molar-refractivity contribution in [1.82, 2.24) is 0 Å². The van der Waals surface area contributed by atoms with Crippen LogP contribution in [-0.2, 0) is 0 Å². The molecule has 90 valence electrons. The number of benzene rings is 2. The summed E-state index contributed by atoms with van der Waals surface area (Å²) < 4.78 is 0.987. The van der Waals surface area contributed by atoms with Crippen LogP contribution in [0.2, 0.25) is 0 Å². The average Bonchev–Trinajstić information content (AvgIpc) is 2.36. The molecule has 18 heavy (non-hydrogen) atoms. The number of halogens is 1. The normalized spacial score (nSPS) is 10.7. The van der Waals surface area contributed by atoms with Gasteiger partial charge in [-0.05, 0) is 35.9 Å². The van der Waals surface area contributed by atoms with Gasteiger partial charge in [0.2, 0.25) is 0 Å². The lowest BCUT2D eigenvalue weighted by atomic mass is 10.1. The van der Waals surface area contributed by atoms with Gasteiger partial charge in [0.05, 0.1) is 0 Å². The second-order valence-corrected chi connectivity index (χ2v) is 4.79. The first-order valence-electron chi connectivity index (χ1n) is 5.49. The number of hydrogen-bond acceptors (Lipinski definition) is 2. The van der Waals surface area contributed by atoms with Crippen molar-refractivity contribution >= 4 is 33.5 Å². The van der Waals surface area contributed by atoms with Crippen molar-refractivity contribution < 1.29 is 4.79 Å². The molecule has 0 amide bonds. The number of hydrogen-bond donors (Lipinski definition) is 1. The lowest BCUT2D eigenvalue weighted by Gasteiger charge is -1.98. The Kier molecular flexibility index (Phi) is 3.95. The van der Waals surface area contributed by atoms with Gasteiger partial charge in [0, 0.05) is 15.7 Å². The van der Waals surface area contributed by atoms with Crippen LogP contribution in [0.5, 0.6) is 0 Å². The summed E-state index contributed by atoms with van der Waals surface area (Å²) in [7, 11) is 0. The fraction of sp³-hybridized carbons (Fsp3) is 0. The Balaban J connectivity index is 2.17. The molecule has 0 aliphatic carbocycles. The molecule has 2 aromatic rings. The molecule has 0 heterocycles. The number of carbonyl (C=O) groups is 1. The Morgan fingerprint density at radius 1 is 1.11 bits per heavy atom. The molecule has 2 N–H and O–H groups in total. The van der Waals surface area contributed by atoms with E-state index in [4.69, 9.17) is 5.73 Å². The van der Waals surface area contributed by atoms with Crippen LogP contribution in [0, 0.1) is 0 Å². The first kappa shape index (κ1) is 12.6. The minimum Gasteiger partial charge on any atom is -0.399 e. The Labute approximate surface area is 114 Å². The maximum atomic E-state index is 11.9. The Bertz CT molecular complexity index is 605. The van der Waals surface area contributed by atoms with Gasteiger partial charge in [0.25, 0.3) is 0 Å².